The lowest BCUT2D eigenvalue weighted by molar-refractivity contribution is -0.126. The molecule has 0 fully saturated rings. The van der Waals surface area contributed by atoms with E-state index < -0.39 is 18.1 Å². The first kappa shape index (κ1) is 19.5. The monoisotopic (exact) mass is 398 g/mol. The van der Waals surface area contributed by atoms with Gasteiger partial charge in [0.2, 0.25) is 6.10 Å². The maximum absolute atomic E-state index is 12.3. The molecule has 1 aromatic carbocycles. The zero-order valence-electron chi connectivity index (χ0n) is 15.0. The van der Waals surface area contributed by atoms with Crippen molar-refractivity contribution in [3.63, 3.8) is 0 Å². The summed E-state index contributed by atoms with van der Waals surface area (Å²) in [6, 6.07) is 11.8. The fourth-order valence-corrected chi connectivity index (χ4v) is 3.23. The molecule has 1 atom stereocenters. The first-order chi connectivity index (χ1) is 13.6. The van der Waals surface area contributed by atoms with Gasteiger partial charge < -0.3 is 15.2 Å². The number of benzene rings is 1. The van der Waals surface area contributed by atoms with Crippen LogP contribution in [0.2, 0.25) is 0 Å². The van der Waals surface area contributed by atoms with Crippen LogP contribution in [-0.4, -0.2) is 41.8 Å². The molecule has 0 aliphatic heterocycles. The van der Waals surface area contributed by atoms with Crippen molar-refractivity contribution in [2.45, 2.75) is 6.10 Å². The highest BCUT2D eigenvalue weighted by Crippen LogP contribution is 2.28. The Bertz CT molecular complexity index is 961. The Kier molecular flexibility index (Phi) is 6.30. The summed E-state index contributed by atoms with van der Waals surface area (Å²) in [5, 5.41) is 4.83. The number of rotatable bonds is 7. The zero-order chi connectivity index (χ0) is 19.9. The number of nitrogens with one attached hydrogen (secondary N) is 1. The van der Waals surface area contributed by atoms with Crippen molar-refractivity contribution >= 4 is 28.5 Å². The van der Waals surface area contributed by atoms with E-state index in [0.29, 0.717) is 5.13 Å². The molecule has 3 aromatic rings. The van der Waals surface area contributed by atoms with E-state index in [-0.39, 0.29) is 6.61 Å². The molecule has 28 heavy (non-hydrogen) atoms. The minimum atomic E-state index is -1.15. The second kappa shape index (κ2) is 9.07. The second-order valence-corrected chi connectivity index (χ2v) is 6.58. The molecule has 2 aromatic heterocycles. The van der Waals surface area contributed by atoms with E-state index in [9.17, 15) is 9.59 Å². The Labute approximate surface area is 165 Å². The standard InChI is InChI=1S/C19H18N4O4S/c1-26-10-16(27-18(20)25)17(24)23-19-22-15(11-28-19)14-4-2-3-13(9-14)12-5-7-21-8-6-12/h2-9,11,16H,10H2,1H3,(H2,20,25)(H,22,23,24). The smallest absolute Gasteiger partial charge is 0.405 e. The summed E-state index contributed by atoms with van der Waals surface area (Å²) in [4.78, 5) is 31.7. The molecule has 144 valence electrons. The van der Waals surface area contributed by atoms with Gasteiger partial charge in [-0.25, -0.2) is 9.78 Å². The number of nitrogens with zero attached hydrogens (tertiary/aromatic N) is 2. The average molecular weight is 398 g/mol. The van der Waals surface area contributed by atoms with Gasteiger partial charge in [0.25, 0.3) is 5.91 Å². The molecule has 8 nitrogen and oxygen atoms in total. The van der Waals surface area contributed by atoms with Crippen molar-refractivity contribution in [3.8, 4) is 22.4 Å². The van der Waals surface area contributed by atoms with Crippen LogP contribution in [0.3, 0.4) is 0 Å². The van der Waals surface area contributed by atoms with Crippen molar-refractivity contribution in [1.82, 2.24) is 9.97 Å². The summed E-state index contributed by atoms with van der Waals surface area (Å²) < 4.78 is 9.63. The average Bonchev–Trinajstić information content (AvgIpc) is 3.16. The number of methoxy groups -OCH3 is 1. The Balaban J connectivity index is 1.75. The number of hydrogen-bond donors (Lipinski definition) is 2. The normalized spacial score (nSPS) is 11.6. The van der Waals surface area contributed by atoms with E-state index in [1.807, 2.05) is 41.8 Å². The lowest BCUT2D eigenvalue weighted by Gasteiger charge is -2.14. The fraction of sp³-hybridized carbons (Fsp3) is 0.158. The molecule has 2 heterocycles. The third kappa shape index (κ3) is 4.90. The van der Waals surface area contributed by atoms with Crippen LogP contribution in [0.4, 0.5) is 9.93 Å². The molecular formula is C19H18N4O4S. The third-order valence-corrected chi connectivity index (χ3v) is 4.53. The molecule has 0 saturated heterocycles. The number of aromatic nitrogens is 2. The number of amides is 2. The molecule has 0 aliphatic rings. The van der Waals surface area contributed by atoms with Gasteiger partial charge in [0.15, 0.2) is 5.13 Å². The number of anilines is 1. The highest BCUT2D eigenvalue weighted by Gasteiger charge is 2.23. The maximum Gasteiger partial charge on any atom is 0.405 e. The van der Waals surface area contributed by atoms with Crippen LogP contribution in [0.1, 0.15) is 0 Å². The first-order valence-electron chi connectivity index (χ1n) is 8.29. The van der Waals surface area contributed by atoms with Crippen LogP contribution in [0.5, 0.6) is 0 Å². The molecule has 1 unspecified atom stereocenters. The van der Waals surface area contributed by atoms with Gasteiger partial charge in [0.1, 0.15) is 0 Å². The number of carbonyl (C=O) groups is 2. The van der Waals surface area contributed by atoms with Crippen LogP contribution in [-0.2, 0) is 14.3 Å². The molecule has 0 radical (unpaired) electrons. The Morgan fingerprint density at radius 2 is 1.93 bits per heavy atom. The van der Waals surface area contributed by atoms with Crippen LogP contribution in [0.25, 0.3) is 22.4 Å². The minimum Gasteiger partial charge on any atom is -0.434 e. The predicted octanol–water partition coefficient (Wildman–Crippen LogP) is 2.92. The van der Waals surface area contributed by atoms with Crippen molar-refractivity contribution in [1.29, 1.82) is 0 Å². The van der Waals surface area contributed by atoms with Gasteiger partial charge >= 0.3 is 6.09 Å². The summed E-state index contributed by atoms with van der Waals surface area (Å²) in [6.45, 7) is -0.110. The van der Waals surface area contributed by atoms with Crippen molar-refractivity contribution in [2.24, 2.45) is 5.73 Å². The highest BCUT2D eigenvalue weighted by atomic mass is 32.1. The molecule has 2 amide bonds. The first-order valence-corrected chi connectivity index (χ1v) is 9.17. The van der Waals surface area contributed by atoms with Crippen molar-refractivity contribution < 1.29 is 19.1 Å². The highest BCUT2D eigenvalue weighted by molar-refractivity contribution is 7.14. The number of hydrogen-bond acceptors (Lipinski definition) is 7. The van der Waals surface area contributed by atoms with Crippen LogP contribution >= 0.6 is 11.3 Å². The maximum atomic E-state index is 12.3. The Morgan fingerprint density at radius 1 is 1.18 bits per heavy atom. The second-order valence-electron chi connectivity index (χ2n) is 5.72. The van der Waals surface area contributed by atoms with Crippen LogP contribution in [0, 0.1) is 0 Å². The third-order valence-electron chi connectivity index (χ3n) is 3.78. The Hall–Kier alpha value is -3.30. The zero-order valence-corrected chi connectivity index (χ0v) is 15.8. The summed E-state index contributed by atoms with van der Waals surface area (Å²) in [7, 11) is 1.39. The fourth-order valence-electron chi connectivity index (χ4n) is 2.51. The van der Waals surface area contributed by atoms with Gasteiger partial charge in [-0.15, -0.1) is 11.3 Å². The number of primary amides is 1. The van der Waals surface area contributed by atoms with Gasteiger partial charge in [-0.2, -0.15) is 0 Å². The van der Waals surface area contributed by atoms with Gasteiger partial charge in [-0.1, -0.05) is 18.2 Å². The van der Waals surface area contributed by atoms with E-state index in [1.54, 1.807) is 12.4 Å². The summed E-state index contributed by atoms with van der Waals surface area (Å²) in [6.07, 6.45) is 1.28. The van der Waals surface area contributed by atoms with Gasteiger partial charge in [-0.05, 0) is 29.3 Å². The molecule has 3 N–H and O–H groups in total. The quantitative estimate of drug-likeness (QED) is 0.632. The largest absolute Gasteiger partial charge is 0.434 e. The van der Waals surface area contributed by atoms with Crippen LogP contribution < -0.4 is 11.1 Å². The summed E-state index contributed by atoms with van der Waals surface area (Å²) in [5.74, 6) is -0.563. The molecular weight excluding hydrogens is 380 g/mol. The number of nitrogens with two attached hydrogens (primary N) is 1. The molecule has 9 heteroatoms. The topological polar surface area (TPSA) is 116 Å². The van der Waals surface area contributed by atoms with E-state index >= 15 is 0 Å². The van der Waals surface area contributed by atoms with Gasteiger partial charge in [0, 0.05) is 30.4 Å². The van der Waals surface area contributed by atoms with Gasteiger partial charge in [0.05, 0.1) is 12.3 Å². The molecule has 0 bridgehead atoms. The number of carbonyl (C=O) groups excluding carboxylic acids is 2. The lowest BCUT2D eigenvalue weighted by Crippen LogP contribution is -2.37. The Morgan fingerprint density at radius 3 is 2.64 bits per heavy atom. The number of thiazole rings is 1. The SMILES string of the molecule is COCC(OC(N)=O)C(=O)Nc1nc(-c2cccc(-c3ccncc3)c2)cs1. The predicted molar refractivity (Wildman–Crippen MR) is 106 cm³/mol. The number of pyridine rings is 1. The summed E-state index contributed by atoms with van der Waals surface area (Å²) in [5.41, 5.74) is 8.69. The van der Waals surface area contributed by atoms with Crippen molar-refractivity contribution in [2.75, 3.05) is 19.0 Å². The molecule has 3 rings (SSSR count). The minimum absolute atomic E-state index is 0.110. The summed E-state index contributed by atoms with van der Waals surface area (Å²) >= 11 is 1.26. The van der Waals surface area contributed by atoms with E-state index in [4.69, 9.17) is 15.2 Å². The van der Waals surface area contributed by atoms with E-state index in [1.165, 1.54) is 18.4 Å². The lowest BCUT2D eigenvalue weighted by atomic mass is 10.0. The molecule has 0 spiro atoms. The van der Waals surface area contributed by atoms with E-state index in [0.717, 1.165) is 22.4 Å². The number of ether oxygens (including phenoxy) is 2. The van der Waals surface area contributed by atoms with Crippen molar-refractivity contribution in [3.05, 3.63) is 54.2 Å². The van der Waals surface area contributed by atoms with Gasteiger partial charge in [-0.3, -0.25) is 15.1 Å². The van der Waals surface area contributed by atoms with Crippen LogP contribution in [0.15, 0.2) is 54.2 Å². The van der Waals surface area contributed by atoms with E-state index in [2.05, 4.69) is 15.3 Å². The molecule has 0 aliphatic carbocycles. The molecule has 0 saturated carbocycles.